The second kappa shape index (κ2) is 8.63. The van der Waals surface area contributed by atoms with Crippen molar-refractivity contribution in [2.45, 2.75) is 65.1 Å². The molecule has 0 saturated heterocycles. The molecule has 4 N–H and O–H groups in total. The van der Waals surface area contributed by atoms with Crippen LogP contribution in [-0.4, -0.2) is 33.7 Å². The molecule has 1 amide bonds. The van der Waals surface area contributed by atoms with E-state index in [1.54, 1.807) is 18.3 Å². The van der Waals surface area contributed by atoms with Crippen LogP contribution < -0.4 is 11.1 Å². The van der Waals surface area contributed by atoms with Crippen molar-refractivity contribution in [2.75, 3.05) is 0 Å². The quantitative estimate of drug-likeness (QED) is 0.730. The van der Waals surface area contributed by atoms with Gasteiger partial charge in [0.25, 0.3) is 5.91 Å². The highest BCUT2D eigenvalue weighted by Crippen LogP contribution is 2.16. The number of nitrogens with two attached hydrogens (primary N) is 1. The number of rotatable bonds is 6. The average molecular weight is 370 g/mol. The van der Waals surface area contributed by atoms with Crippen LogP contribution in [0.4, 0.5) is 0 Å². The fourth-order valence-electron chi connectivity index (χ4n) is 2.97. The molecule has 1 heterocycles. The zero-order chi connectivity index (χ0) is 20.2. The van der Waals surface area contributed by atoms with Gasteiger partial charge < -0.3 is 16.2 Å². The van der Waals surface area contributed by atoms with Gasteiger partial charge >= 0.3 is 0 Å². The first kappa shape index (κ1) is 21.1. The monoisotopic (exact) mass is 369 g/mol. The number of carbonyl (C=O) groups excluding carboxylic acids is 1. The van der Waals surface area contributed by atoms with Gasteiger partial charge in [0.05, 0.1) is 17.4 Å². The number of aromatic nitrogens is 1. The van der Waals surface area contributed by atoms with Gasteiger partial charge in [0.2, 0.25) is 0 Å². The second-order valence-corrected chi connectivity index (χ2v) is 8.27. The highest BCUT2D eigenvalue weighted by Gasteiger charge is 2.22. The Labute approximate surface area is 162 Å². The third-order valence-electron chi connectivity index (χ3n) is 4.48. The Morgan fingerprint density at radius 2 is 1.93 bits per heavy atom. The molecule has 1 aromatic heterocycles. The van der Waals surface area contributed by atoms with Crippen molar-refractivity contribution in [3.05, 3.63) is 64.5 Å². The lowest BCUT2D eigenvalue weighted by molar-refractivity contribution is 0.0916. The summed E-state index contributed by atoms with van der Waals surface area (Å²) in [6.45, 7) is 9.86. The Hall–Kier alpha value is -2.24. The van der Waals surface area contributed by atoms with Crippen LogP contribution in [0.15, 0.2) is 36.5 Å². The van der Waals surface area contributed by atoms with Gasteiger partial charge in [-0.15, -0.1) is 0 Å². The number of benzene rings is 1. The van der Waals surface area contributed by atoms with Crippen molar-refractivity contribution in [2.24, 2.45) is 5.73 Å². The van der Waals surface area contributed by atoms with Gasteiger partial charge in [-0.3, -0.25) is 9.78 Å². The molecule has 27 heavy (non-hydrogen) atoms. The molecule has 146 valence electrons. The van der Waals surface area contributed by atoms with Crippen LogP contribution in [0, 0.1) is 13.8 Å². The molecule has 0 fully saturated rings. The maximum Gasteiger partial charge on any atom is 0.253 e. The molecular weight excluding hydrogens is 338 g/mol. The van der Waals surface area contributed by atoms with Crippen LogP contribution in [0.1, 0.15) is 53.5 Å². The SMILES string of the molecule is Cc1ccc(C)c(C[C@@H](N)[C@@H](O)Cc2ncccc2C(=O)NC(C)(C)C)c1. The van der Waals surface area contributed by atoms with Crippen molar-refractivity contribution < 1.29 is 9.90 Å². The summed E-state index contributed by atoms with van der Waals surface area (Å²) < 4.78 is 0. The van der Waals surface area contributed by atoms with E-state index in [0.29, 0.717) is 17.7 Å². The van der Waals surface area contributed by atoms with Crippen LogP contribution in [0.2, 0.25) is 0 Å². The molecule has 0 saturated carbocycles. The summed E-state index contributed by atoms with van der Waals surface area (Å²) >= 11 is 0. The van der Waals surface area contributed by atoms with E-state index in [-0.39, 0.29) is 17.9 Å². The van der Waals surface area contributed by atoms with Crippen molar-refractivity contribution in [3.8, 4) is 0 Å². The number of nitrogens with zero attached hydrogens (tertiary/aromatic N) is 1. The molecule has 2 aromatic rings. The number of aliphatic hydroxyl groups is 1. The lowest BCUT2D eigenvalue weighted by Crippen LogP contribution is -2.42. The standard InChI is InChI=1S/C22H31N3O2/c1-14-8-9-15(2)16(11-14)12-18(23)20(26)13-19-17(7-6-10-24-19)21(27)25-22(3,4)5/h6-11,18,20,26H,12-13,23H2,1-5H3,(H,25,27)/t18-,20+/m1/s1. The first-order chi connectivity index (χ1) is 12.6. The first-order valence-electron chi connectivity index (χ1n) is 9.33. The molecule has 0 aliphatic carbocycles. The van der Waals surface area contributed by atoms with E-state index >= 15 is 0 Å². The Balaban J connectivity index is 2.12. The van der Waals surface area contributed by atoms with E-state index in [1.165, 1.54) is 5.56 Å². The van der Waals surface area contributed by atoms with Gasteiger partial charge in [-0.2, -0.15) is 0 Å². The Bertz CT molecular complexity index is 796. The predicted molar refractivity (Wildman–Crippen MR) is 109 cm³/mol. The third-order valence-corrected chi connectivity index (χ3v) is 4.48. The number of aryl methyl sites for hydroxylation is 2. The average Bonchev–Trinajstić information content (AvgIpc) is 2.57. The Morgan fingerprint density at radius 3 is 2.59 bits per heavy atom. The van der Waals surface area contributed by atoms with Crippen molar-refractivity contribution in [3.63, 3.8) is 0 Å². The highest BCUT2D eigenvalue weighted by molar-refractivity contribution is 5.95. The number of carbonyl (C=O) groups is 1. The molecule has 0 aliphatic heterocycles. The molecule has 0 spiro atoms. The topological polar surface area (TPSA) is 88.2 Å². The van der Waals surface area contributed by atoms with Crippen LogP contribution >= 0.6 is 0 Å². The van der Waals surface area contributed by atoms with E-state index in [9.17, 15) is 9.90 Å². The lowest BCUT2D eigenvalue weighted by atomic mass is 9.94. The molecule has 1 aromatic carbocycles. The minimum Gasteiger partial charge on any atom is -0.391 e. The fraction of sp³-hybridized carbons (Fsp3) is 0.455. The highest BCUT2D eigenvalue weighted by atomic mass is 16.3. The summed E-state index contributed by atoms with van der Waals surface area (Å²) in [5.74, 6) is -0.194. The Morgan fingerprint density at radius 1 is 1.22 bits per heavy atom. The summed E-state index contributed by atoms with van der Waals surface area (Å²) in [5.41, 5.74) is 10.4. The summed E-state index contributed by atoms with van der Waals surface area (Å²) in [5, 5.41) is 13.6. The molecule has 0 aliphatic rings. The van der Waals surface area contributed by atoms with Crippen molar-refractivity contribution >= 4 is 5.91 Å². The van der Waals surface area contributed by atoms with Gasteiger partial charge in [-0.25, -0.2) is 0 Å². The maximum absolute atomic E-state index is 12.5. The van der Waals surface area contributed by atoms with Crippen LogP contribution in [0.5, 0.6) is 0 Å². The van der Waals surface area contributed by atoms with Crippen LogP contribution in [0.3, 0.4) is 0 Å². The minimum atomic E-state index is -0.791. The van der Waals surface area contributed by atoms with Gasteiger partial charge in [0.15, 0.2) is 0 Å². The third kappa shape index (κ3) is 6.15. The second-order valence-electron chi connectivity index (χ2n) is 8.27. The summed E-state index contributed by atoms with van der Waals surface area (Å²) in [6.07, 6.45) is 1.65. The molecule has 0 radical (unpaired) electrons. The number of hydrogen-bond donors (Lipinski definition) is 3. The minimum absolute atomic E-state index is 0.194. The summed E-state index contributed by atoms with van der Waals surface area (Å²) in [4.78, 5) is 16.9. The molecule has 0 bridgehead atoms. The van der Waals surface area contributed by atoms with Gasteiger partial charge in [0.1, 0.15) is 0 Å². The Kier molecular flexibility index (Phi) is 6.73. The first-order valence-corrected chi connectivity index (χ1v) is 9.33. The molecule has 2 rings (SSSR count). The van der Waals surface area contributed by atoms with E-state index in [1.807, 2.05) is 34.6 Å². The maximum atomic E-state index is 12.5. The summed E-state index contributed by atoms with van der Waals surface area (Å²) in [7, 11) is 0. The largest absolute Gasteiger partial charge is 0.391 e. The number of nitrogens with one attached hydrogen (secondary N) is 1. The fourth-order valence-corrected chi connectivity index (χ4v) is 2.97. The number of aliphatic hydroxyl groups excluding tert-OH is 1. The molecular formula is C22H31N3O2. The van der Waals surface area contributed by atoms with Crippen molar-refractivity contribution in [1.29, 1.82) is 0 Å². The zero-order valence-corrected chi connectivity index (χ0v) is 16.9. The predicted octanol–water partition coefficient (Wildman–Crippen LogP) is 2.70. The molecule has 2 atom stereocenters. The number of amides is 1. The van der Waals surface area contributed by atoms with Gasteiger partial charge in [0, 0.05) is 24.2 Å². The van der Waals surface area contributed by atoms with Gasteiger partial charge in [-0.1, -0.05) is 23.8 Å². The summed E-state index contributed by atoms with van der Waals surface area (Å²) in [6, 6.07) is 9.25. The van der Waals surface area contributed by atoms with E-state index in [4.69, 9.17) is 5.73 Å². The molecule has 0 unspecified atom stereocenters. The van der Waals surface area contributed by atoms with Crippen LogP contribution in [0.25, 0.3) is 0 Å². The molecule has 5 nitrogen and oxygen atoms in total. The number of pyridine rings is 1. The van der Waals surface area contributed by atoms with E-state index in [0.717, 1.165) is 11.1 Å². The smallest absolute Gasteiger partial charge is 0.253 e. The lowest BCUT2D eigenvalue weighted by Gasteiger charge is -2.23. The van der Waals surface area contributed by atoms with Gasteiger partial charge in [-0.05, 0) is 64.3 Å². The number of hydrogen-bond acceptors (Lipinski definition) is 4. The van der Waals surface area contributed by atoms with E-state index in [2.05, 4.69) is 28.5 Å². The molecule has 5 heteroatoms. The zero-order valence-electron chi connectivity index (χ0n) is 16.9. The normalized spacial score (nSPS) is 13.9. The van der Waals surface area contributed by atoms with E-state index < -0.39 is 12.1 Å². The van der Waals surface area contributed by atoms with Crippen molar-refractivity contribution in [1.82, 2.24) is 10.3 Å². The van der Waals surface area contributed by atoms with Crippen LogP contribution in [-0.2, 0) is 12.8 Å².